The van der Waals surface area contributed by atoms with Gasteiger partial charge in [-0.3, -0.25) is 29.5 Å². The van der Waals surface area contributed by atoms with E-state index in [1.54, 1.807) is 0 Å². The van der Waals surface area contributed by atoms with E-state index < -0.39 is 81.0 Å². The number of oxime groups is 1. The van der Waals surface area contributed by atoms with Crippen molar-refractivity contribution in [1.82, 2.24) is 35.5 Å². The van der Waals surface area contributed by atoms with Gasteiger partial charge >= 0.3 is 18.0 Å². The van der Waals surface area contributed by atoms with E-state index in [1.165, 1.54) is 24.1 Å². The maximum absolute atomic E-state index is 13.3. The van der Waals surface area contributed by atoms with Crippen molar-refractivity contribution in [3.63, 3.8) is 0 Å². The number of thiazole rings is 1. The Hall–Kier alpha value is -5.38. The largest absolute Gasteiger partial charge is 0.503 e. The molecule has 0 saturated carbocycles. The summed E-state index contributed by atoms with van der Waals surface area (Å²) < 4.78 is 0. The maximum Gasteiger partial charge on any atom is 0.350 e. The first-order chi connectivity index (χ1) is 21.6. The van der Waals surface area contributed by atoms with Gasteiger partial charge in [-0.05, 0) is 13.8 Å². The number of hydrogen-bond acceptors (Lipinski definition) is 14. The number of carboxylic acids is 2. The quantitative estimate of drug-likeness (QED) is 0.0810. The highest BCUT2D eigenvalue weighted by Gasteiger charge is 2.66. The van der Waals surface area contributed by atoms with Gasteiger partial charge in [0.1, 0.15) is 22.8 Å². The van der Waals surface area contributed by atoms with Crippen molar-refractivity contribution in [2.24, 2.45) is 5.16 Å². The molecule has 0 spiro atoms. The lowest BCUT2D eigenvalue weighted by molar-refractivity contribution is -0.161. The number of aromatic amines is 1. The summed E-state index contributed by atoms with van der Waals surface area (Å²) >= 11 is 1.69. The molecule has 5 rings (SSSR count). The first-order valence-electron chi connectivity index (χ1n) is 13.1. The summed E-state index contributed by atoms with van der Waals surface area (Å²) in [7, 11) is 0. The highest BCUT2D eigenvalue weighted by atomic mass is 32.2. The number of amides is 5. The second-order valence-electron chi connectivity index (χ2n) is 10.6. The van der Waals surface area contributed by atoms with Gasteiger partial charge in [0, 0.05) is 24.2 Å². The highest BCUT2D eigenvalue weighted by Crippen LogP contribution is 2.49. The summed E-state index contributed by atoms with van der Waals surface area (Å²) in [6, 6.07) is -1.36. The summed E-state index contributed by atoms with van der Waals surface area (Å²) in [6.07, 6.45) is 0.894. The van der Waals surface area contributed by atoms with Gasteiger partial charge in [0.2, 0.25) is 21.8 Å². The number of hydrazine groups is 1. The van der Waals surface area contributed by atoms with Crippen molar-refractivity contribution in [2.75, 3.05) is 25.4 Å². The van der Waals surface area contributed by atoms with Gasteiger partial charge in [0.25, 0.3) is 11.8 Å². The number of pyridine rings is 1. The van der Waals surface area contributed by atoms with Crippen LogP contribution in [-0.2, 0) is 24.0 Å². The van der Waals surface area contributed by atoms with Crippen LogP contribution in [0, 0.1) is 0 Å². The van der Waals surface area contributed by atoms with Gasteiger partial charge in [0.15, 0.2) is 16.6 Å². The van der Waals surface area contributed by atoms with Crippen molar-refractivity contribution in [3.05, 3.63) is 39.3 Å². The van der Waals surface area contributed by atoms with Crippen LogP contribution in [0.1, 0.15) is 30.0 Å². The smallest absolute Gasteiger partial charge is 0.350 e. The molecule has 0 bridgehead atoms. The maximum atomic E-state index is 13.3. The Kier molecular flexibility index (Phi) is 8.02. The average Bonchev–Trinajstić information content (AvgIpc) is 3.69. The van der Waals surface area contributed by atoms with E-state index in [9.17, 15) is 48.9 Å². The number of nitrogens with one attached hydrogen (secondary N) is 3. The number of fused-ring (bicyclic) bond motifs is 1. The molecule has 5 amide bonds. The zero-order valence-corrected chi connectivity index (χ0v) is 25.4. The van der Waals surface area contributed by atoms with E-state index >= 15 is 0 Å². The van der Waals surface area contributed by atoms with Crippen molar-refractivity contribution >= 4 is 69.6 Å². The van der Waals surface area contributed by atoms with Crippen LogP contribution in [0.3, 0.4) is 0 Å². The molecule has 3 atom stereocenters. The Labute approximate surface area is 265 Å². The number of nitrogens with zero attached hydrogens (tertiary/aromatic N) is 5. The van der Waals surface area contributed by atoms with Crippen LogP contribution in [-0.4, -0.2) is 123 Å². The first-order valence-corrected chi connectivity index (χ1v) is 14.9. The minimum atomic E-state index is -2.00. The fourth-order valence-electron chi connectivity index (χ4n) is 4.57. The molecule has 0 aromatic carbocycles. The van der Waals surface area contributed by atoms with Gasteiger partial charge in [-0.15, -0.1) is 11.3 Å². The Balaban J connectivity index is 1.31. The van der Waals surface area contributed by atoms with E-state index in [4.69, 9.17) is 10.6 Å². The van der Waals surface area contributed by atoms with E-state index in [2.05, 4.69) is 25.9 Å². The van der Waals surface area contributed by atoms with Gasteiger partial charge in [-0.25, -0.2) is 24.4 Å². The third-order valence-electron chi connectivity index (χ3n) is 7.14. The molecule has 3 aliphatic heterocycles. The van der Waals surface area contributed by atoms with Crippen LogP contribution < -0.4 is 21.9 Å². The zero-order valence-electron chi connectivity index (χ0n) is 23.7. The number of rotatable bonds is 10. The van der Waals surface area contributed by atoms with E-state index in [1.807, 2.05) is 0 Å². The van der Waals surface area contributed by atoms with Crippen molar-refractivity contribution < 1.29 is 48.9 Å². The second kappa shape index (κ2) is 11.5. The number of anilines is 1. The monoisotopic (exact) mass is 679 g/mol. The predicted octanol–water partition coefficient (Wildman–Crippen LogP) is -2.03. The fraction of sp³-hybridized carbons (Fsp3) is 0.375. The molecule has 3 fully saturated rings. The van der Waals surface area contributed by atoms with Gasteiger partial charge < -0.3 is 41.1 Å². The molecule has 8 N–H and O–H groups in total. The lowest BCUT2D eigenvalue weighted by Crippen LogP contribution is -2.68. The third-order valence-corrected chi connectivity index (χ3v) is 9.50. The molecule has 0 unspecified atom stereocenters. The standard InChI is InChI=1S/C24H25N9O11S2/c1-23(2,19(39)40)44-30-13(10-7-45-21(25)27-10)16(37)28-14-17(38)31-8-24(20(41)42,46-18(14)31)32-3-4-33(22(32)43)29-15(36)9-5-11(34)12(35)6-26-9/h5-7,14,18,35H,3-4,8H2,1-2H3,(H2,25,27)(H,26,34)(H,28,37)(H,29,36)(H,39,40)(H,41,42)/b30-13-/t14-,18-,24-/m1/s1. The summed E-state index contributed by atoms with van der Waals surface area (Å²) in [6.45, 7) is 1.62. The molecular formula is C24H25N9O11S2. The molecule has 0 aliphatic carbocycles. The number of hydrogen-bond donors (Lipinski definition) is 7. The Morgan fingerprint density at radius 3 is 2.54 bits per heavy atom. The summed E-state index contributed by atoms with van der Waals surface area (Å²) in [5.74, 6) is -6.02. The number of β-lactam (4-membered cyclic amide) rings is 1. The Morgan fingerprint density at radius 2 is 1.93 bits per heavy atom. The van der Waals surface area contributed by atoms with Crippen LogP contribution in [0.25, 0.3) is 0 Å². The molecule has 2 aromatic heterocycles. The molecule has 20 nitrogen and oxygen atoms in total. The molecule has 2 aromatic rings. The SMILES string of the molecule is CC(C)(O/N=C(\C(=O)N[C@@H]1C(=O)N2C[C@@](C(=O)O)(N3CCN(NC(=O)c4cc(=O)c(O)c[nH]4)C3=O)S[C@H]12)c1csc(N)n1)C(=O)O. The van der Waals surface area contributed by atoms with Gasteiger partial charge in [0.05, 0.1) is 13.1 Å². The number of carboxylic acid groups (broad SMARTS) is 2. The van der Waals surface area contributed by atoms with Crippen LogP contribution in [0.15, 0.2) is 27.6 Å². The van der Waals surface area contributed by atoms with Crippen molar-refractivity contribution in [1.29, 1.82) is 0 Å². The number of urea groups is 1. The summed E-state index contributed by atoms with van der Waals surface area (Å²) in [5, 5.41) is 36.5. The van der Waals surface area contributed by atoms with Crippen LogP contribution in [0.2, 0.25) is 0 Å². The van der Waals surface area contributed by atoms with Gasteiger partial charge in [-0.2, -0.15) is 0 Å². The summed E-state index contributed by atoms with van der Waals surface area (Å²) in [4.78, 5) is 99.6. The van der Waals surface area contributed by atoms with Crippen LogP contribution >= 0.6 is 23.1 Å². The second-order valence-corrected chi connectivity index (χ2v) is 12.8. The number of aromatic nitrogens is 2. The minimum absolute atomic E-state index is 0.0633. The van der Waals surface area contributed by atoms with E-state index in [0.29, 0.717) is 0 Å². The van der Waals surface area contributed by atoms with Crippen LogP contribution in [0.5, 0.6) is 5.75 Å². The Bertz CT molecular complexity index is 1760. The van der Waals surface area contributed by atoms with Gasteiger partial charge in [-0.1, -0.05) is 16.9 Å². The number of carbonyl (C=O) groups is 6. The van der Waals surface area contributed by atoms with Crippen molar-refractivity contribution in [2.45, 2.75) is 35.7 Å². The molecule has 5 heterocycles. The number of carbonyl (C=O) groups excluding carboxylic acids is 4. The predicted molar refractivity (Wildman–Crippen MR) is 156 cm³/mol. The zero-order chi connectivity index (χ0) is 33.7. The third kappa shape index (κ3) is 5.51. The molecule has 3 saturated heterocycles. The number of nitrogen functional groups attached to an aromatic ring is 1. The Morgan fingerprint density at radius 1 is 1.22 bits per heavy atom. The highest BCUT2D eigenvalue weighted by molar-refractivity contribution is 8.02. The number of thioether (sulfide) groups is 1. The number of aromatic hydroxyl groups is 1. The molecule has 22 heteroatoms. The first kappa shape index (κ1) is 32.0. The molecule has 3 aliphatic rings. The lowest BCUT2D eigenvalue weighted by Gasteiger charge is -2.41. The molecule has 46 heavy (non-hydrogen) atoms. The number of H-pyrrole nitrogens is 1. The lowest BCUT2D eigenvalue weighted by atomic mass is 10.1. The molecular weight excluding hydrogens is 654 g/mol. The fourth-order valence-corrected chi connectivity index (χ4v) is 6.75. The number of nitrogens with two attached hydrogens (primary N) is 1. The summed E-state index contributed by atoms with van der Waals surface area (Å²) in [5.41, 5.74) is 4.44. The molecule has 0 radical (unpaired) electrons. The normalized spacial score (nSPS) is 22.7. The minimum Gasteiger partial charge on any atom is -0.503 e. The van der Waals surface area contributed by atoms with E-state index in [-0.39, 0.29) is 29.6 Å². The van der Waals surface area contributed by atoms with Crippen molar-refractivity contribution in [3.8, 4) is 5.75 Å². The average molecular weight is 680 g/mol. The van der Waals surface area contributed by atoms with Crippen LogP contribution in [0.4, 0.5) is 9.93 Å². The topological polar surface area (TPSA) is 290 Å². The van der Waals surface area contributed by atoms with E-state index in [0.717, 1.165) is 45.3 Å². The molecule has 244 valence electrons. The number of aliphatic carboxylic acids is 2.